The van der Waals surface area contributed by atoms with Gasteiger partial charge in [0.2, 0.25) is 0 Å². The minimum atomic E-state index is 0.639. The van der Waals surface area contributed by atoms with Gasteiger partial charge in [-0.2, -0.15) is 5.26 Å². The Balaban J connectivity index is 2.63. The summed E-state index contributed by atoms with van der Waals surface area (Å²) in [6, 6.07) is 4.37. The van der Waals surface area contributed by atoms with E-state index in [1.165, 1.54) is 31.5 Å². The first-order valence-electron chi connectivity index (χ1n) is 5.47. The van der Waals surface area contributed by atoms with Crippen LogP contribution in [-0.2, 0) is 6.42 Å². The molecule has 0 amide bonds. The molecule has 88 valence electrons. The molecule has 0 fully saturated rings. The minimum Gasteiger partial charge on any atom is -0.397 e. The van der Waals surface area contributed by atoms with Gasteiger partial charge in [-0.3, -0.25) is 0 Å². The van der Waals surface area contributed by atoms with Gasteiger partial charge in [0.15, 0.2) is 0 Å². The molecule has 0 saturated heterocycles. The summed E-state index contributed by atoms with van der Waals surface area (Å²) in [6.45, 7) is 6.32. The molecule has 0 aliphatic rings. The van der Waals surface area contributed by atoms with Crippen molar-refractivity contribution in [3.8, 4) is 15.8 Å². The van der Waals surface area contributed by atoms with E-state index in [0.29, 0.717) is 10.6 Å². The van der Waals surface area contributed by atoms with Crippen LogP contribution in [0.3, 0.4) is 0 Å². The van der Waals surface area contributed by atoms with Gasteiger partial charge in [0.1, 0.15) is 10.9 Å². The van der Waals surface area contributed by atoms with E-state index >= 15 is 0 Å². The van der Waals surface area contributed by atoms with Crippen LogP contribution in [0, 0.1) is 25.2 Å². The summed E-state index contributed by atoms with van der Waals surface area (Å²) >= 11 is 3.29. The zero-order chi connectivity index (χ0) is 12.6. The molecule has 2 aromatic rings. The van der Waals surface area contributed by atoms with Gasteiger partial charge in [0, 0.05) is 9.75 Å². The summed E-state index contributed by atoms with van der Waals surface area (Å²) in [4.78, 5) is 4.37. The average molecular weight is 262 g/mol. The second-order valence-electron chi connectivity index (χ2n) is 3.97. The Bertz CT molecular complexity index is 580. The van der Waals surface area contributed by atoms with Crippen LogP contribution < -0.4 is 5.73 Å². The van der Waals surface area contributed by atoms with E-state index in [-0.39, 0.29) is 0 Å². The van der Waals surface area contributed by atoms with Gasteiger partial charge in [0.25, 0.3) is 0 Å². The van der Waals surface area contributed by atoms with E-state index in [0.717, 1.165) is 12.0 Å². The lowest BCUT2D eigenvalue weighted by molar-refractivity contribution is 1.16. The van der Waals surface area contributed by atoms with Crippen LogP contribution >= 0.6 is 22.7 Å². The lowest BCUT2D eigenvalue weighted by Crippen LogP contribution is -1.90. The van der Waals surface area contributed by atoms with Crippen molar-refractivity contribution in [2.24, 2.45) is 0 Å². The number of nitrogen functional groups attached to an aromatic ring is 1. The number of thiophene rings is 2. The lowest BCUT2D eigenvalue weighted by Gasteiger charge is -1.98. The Morgan fingerprint density at radius 2 is 2.06 bits per heavy atom. The van der Waals surface area contributed by atoms with Crippen molar-refractivity contribution >= 4 is 28.4 Å². The normalized spacial score (nSPS) is 10.5. The number of anilines is 1. The molecular weight excluding hydrogens is 248 g/mol. The number of nitrogens with zero attached hydrogens (tertiary/aromatic N) is 1. The monoisotopic (exact) mass is 262 g/mol. The third kappa shape index (κ3) is 1.97. The van der Waals surface area contributed by atoms with Crippen molar-refractivity contribution in [1.82, 2.24) is 0 Å². The van der Waals surface area contributed by atoms with Crippen LogP contribution in [0.2, 0.25) is 0 Å². The van der Waals surface area contributed by atoms with E-state index in [2.05, 4.69) is 32.9 Å². The molecule has 17 heavy (non-hydrogen) atoms. The molecule has 0 aliphatic carbocycles. The Morgan fingerprint density at radius 3 is 2.53 bits per heavy atom. The molecule has 2 N–H and O–H groups in total. The Hall–Kier alpha value is -1.31. The van der Waals surface area contributed by atoms with Crippen molar-refractivity contribution in [1.29, 1.82) is 5.26 Å². The van der Waals surface area contributed by atoms with E-state index in [1.54, 1.807) is 11.3 Å². The molecule has 0 spiro atoms. The standard InChI is InChI=1S/C13H14N2S2/c1-4-9-12(15)11(6-14)17-13(9)10-5-7(2)8(3)16-10/h5H,4,15H2,1-3H3. The van der Waals surface area contributed by atoms with Crippen LogP contribution in [0.5, 0.6) is 0 Å². The van der Waals surface area contributed by atoms with Crippen molar-refractivity contribution in [2.75, 3.05) is 5.73 Å². The number of aryl methyl sites for hydroxylation is 2. The molecule has 0 unspecified atom stereocenters. The Morgan fingerprint density at radius 1 is 1.35 bits per heavy atom. The van der Waals surface area contributed by atoms with Crippen LogP contribution in [0.15, 0.2) is 6.07 Å². The fourth-order valence-corrected chi connectivity index (χ4v) is 4.07. The predicted molar refractivity (Wildman–Crippen MR) is 75.6 cm³/mol. The van der Waals surface area contributed by atoms with E-state index in [9.17, 15) is 0 Å². The summed E-state index contributed by atoms with van der Waals surface area (Å²) in [7, 11) is 0. The van der Waals surface area contributed by atoms with Crippen molar-refractivity contribution in [3.05, 3.63) is 26.9 Å². The SMILES string of the molecule is CCc1c(-c2cc(C)c(C)s2)sc(C#N)c1N. The number of hydrogen-bond acceptors (Lipinski definition) is 4. The van der Waals surface area contributed by atoms with Gasteiger partial charge in [-0.1, -0.05) is 6.92 Å². The topological polar surface area (TPSA) is 49.8 Å². The molecule has 2 aromatic heterocycles. The first kappa shape index (κ1) is 12.2. The highest BCUT2D eigenvalue weighted by atomic mass is 32.1. The Kier molecular flexibility index (Phi) is 3.23. The molecule has 2 heterocycles. The van der Waals surface area contributed by atoms with E-state index in [4.69, 9.17) is 11.0 Å². The van der Waals surface area contributed by atoms with Crippen molar-refractivity contribution < 1.29 is 0 Å². The second-order valence-corrected chi connectivity index (χ2v) is 6.24. The highest BCUT2D eigenvalue weighted by Gasteiger charge is 2.17. The molecule has 0 aromatic carbocycles. The molecule has 4 heteroatoms. The largest absolute Gasteiger partial charge is 0.397 e. The third-order valence-electron chi connectivity index (χ3n) is 2.89. The lowest BCUT2D eigenvalue weighted by atomic mass is 10.1. The van der Waals surface area contributed by atoms with Gasteiger partial charge in [-0.15, -0.1) is 22.7 Å². The number of nitriles is 1. The number of rotatable bonds is 2. The van der Waals surface area contributed by atoms with Crippen LogP contribution in [0.4, 0.5) is 5.69 Å². The van der Waals surface area contributed by atoms with Gasteiger partial charge < -0.3 is 5.73 Å². The van der Waals surface area contributed by atoms with E-state index < -0.39 is 0 Å². The zero-order valence-electron chi connectivity index (χ0n) is 10.1. The molecule has 0 radical (unpaired) electrons. The van der Waals surface area contributed by atoms with Crippen LogP contribution in [-0.4, -0.2) is 0 Å². The van der Waals surface area contributed by atoms with Gasteiger partial charge in [0.05, 0.1) is 10.6 Å². The molecule has 0 atom stereocenters. The number of nitrogens with two attached hydrogens (primary N) is 1. The van der Waals surface area contributed by atoms with Gasteiger partial charge in [-0.25, -0.2) is 0 Å². The first-order valence-corrected chi connectivity index (χ1v) is 7.10. The van der Waals surface area contributed by atoms with Crippen molar-refractivity contribution in [3.63, 3.8) is 0 Å². The maximum Gasteiger partial charge on any atom is 0.128 e. The molecular formula is C13H14N2S2. The quantitative estimate of drug-likeness (QED) is 0.885. The van der Waals surface area contributed by atoms with Crippen LogP contribution in [0.1, 0.15) is 27.8 Å². The molecule has 2 nitrogen and oxygen atoms in total. The average Bonchev–Trinajstić information content (AvgIpc) is 2.80. The highest BCUT2D eigenvalue weighted by molar-refractivity contribution is 7.23. The summed E-state index contributed by atoms with van der Waals surface area (Å²) < 4.78 is 0. The summed E-state index contributed by atoms with van der Waals surface area (Å²) in [6.07, 6.45) is 0.870. The third-order valence-corrected chi connectivity index (χ3v) is 5.38. The maximum atomic E-state index is 9.04. The molecule has 0 aliphatic heterocycles. The molecule has 2 rings (SSSR count). The fourth-order valence-electron chi connectivity index (χ4n) is 1.80. The summed E-state index contributed by atoms with van der Waals surface area (Å²) in [5.41, 5.74) is 9.09. The second kappa shape index (κ2) is 4.52. The predicted octanol–water partition coefficient (Wildman–Crippen LogP) is 4.11. The van der Waals surface area contributed by atoms with Crippen molar-refractivity contribution in [2.45, 2.75) is 27.2 Å². The first-order chi connectivity index (χ1) is 8.08. The smallest absolute Gasteiger partial charge is 0.128 e. The molecule has 0 saturated carbocycles. The maximum absolute atomic E-state index is 9.04. The number of hydrogen-bond donors (Lipinski definition) is 1. The Labute approximate surface area is 109 Å². The summed E-state index contributed by atoms with van der Waals surface area (Å²) in [5, 5.41) is 9.04. The zero-order valence-corrected chi connectivity index (χ0v) is 11.8. The van der Waals surface area contributed by atoms with Gasteiger partial charge >= 0.3 is 0 Å². The molecule has 0 bridgehead atoms. The van der Waals surface area contributed by atoms with Crippen LogP contribution in [0.25, 0.3) is 9.75 Å². The van der Waals surface area contributed by atoms with E-state index in [1.807, 2.05) is 0 Å². The highest BCUT2D eigenvalue weighted by Crippen LogP contribution is 2.42. The summed E-state index contributed by atoms with van der Waals surface area (Å²) in [5.74, 6) is 0. The van der Waals surface area contributed by atoms with Gasteiger partial charge in [-0.05, 0) is 37.5 Å². The fraction of sp³-hybridized carbons (Fsp3) is 0.308. The minimum absolute atomic E-state index is 0.639.